The van der Waals surface area contributed by atoms with Crippen LogP contribution in [0.5, 0.6) is 0 Å². The van der Waals surface area contributed by atoms with Crippen LogP contribution in [-0.2, 0) is 20.8 Å². The first kappa shape index (κ1) is 25.4. The van der Waals surface area contributed by atoms with Gasteiger partial charge in [0.2, 0.25) is 5.91 Å². The van der Waals surface area contributed by atoms with Gasteiger partial charge in [0.25, 0.3) is 5.91 Å². The van der Waals surface area contributed by atoms with Crippen LogP contribution in [0.15, 0.2) is 77.3 Å². The number of thioether (sulfide) groups is 1. The van der Waals surface area contributed by atoms with Crippen molar-refractivity contribution in [2.45, 2.75) is 25.8 Å². The number of carboxylic acid groups (broad SMARTS) is 1. The molecule has 184 valence electrons. The molecule has 1 atom stereocenters. The number of benzene rings is 2. The molecule has 4 rings (SSSR count). The van der Waals surface area contributed by atoms with Crippen LogP contribution in [0.3, 0.4) is 0 Å². The maximum absolute atomic E-state index is 12.9. The third-order valence-electron chi connectivity index (χ3n) is 5.72. The molecule has 1 fully saturated rings. The van der Waals surface area contributed by atoms with Gasteiger partial charge in [-0.05, 0) is 35.8 Å². The van der Waals surface area contributed by atoms with Crippen LogP contribution in [0, 0.1) is 0 Å². The molecule has 2 aromatic carbocycles. The molecule has 1 saturated heterocycles. The maximum Gasteiger partial charge on any atom is 0.326 e. The minimum absolute atomic E-state index is 0.0593. The lowest BCUT2D eigenvalue weighted by molar-refractivity contribution is -0.141. The highest BCUT2D eigenvalue weighted by Crippen LogP contribution is 2.32. The van der Waals surface area contributed by atoms with Crippen molar-refractivity contribution in [1.82, 2.24) is 15.2 Å². The van der Waals surface area contributed by atoms with E-state index in [1.165, 1.54) is 16.7 Å². The van der Waals surface area contributed by atoms with E-state index in [0.29, 0.717) is 9.23 Å². The number of para-hydroxylation sites is 1. The number of carbonyl (C=O) groups is 3. The normalized spacial score (nSPS) is 16.1. The van der Waals surface area contributed by atoms with Crippen molar-refractivity contribution < 1.29 is 19.5 Å². The topological polar surface area (TPSA) is 102 Å². The van der Waals surface area contributed by atoms with E-state index in [-0.39, 0.29) is 25.3 Å². The second-order valence-electron chi connectivity index (χ2n) is 8.40. The Kier molecular flexibility index (Phi) is 8.02. The average molecular weight is 520 g/mol. The molecule has 1 unspecified atom stereocenters. The predicted molar refractivity (Wildman–Crippen MR) is 146 cm³/mol. The molecule has 0 radical (unpaired) electrons. The first-order valence-electron chi connectivity index (χ1n) is 11.4. The zero-order valence-corrected chi connectivity index (χ0v) is 21.2. The second-order valence-corrected chi connectivity index (χ2v) is 10.1. The molecule has 0 aliphatic carbocycles. The summed E-state index contributed by atoms with van der Waals surface area (Å²) in [6.45, 7) is 1.99. The van der Waals surface area contributed by atoms with E-state index in [1.807, 2.05) is 67.6 Å². The highest BCUT2D eigenvalue weighted by atomic mass is 32.2. The molecular formula is C27H25N3O4S2. The van der Waals surface area contributed by atoms with E-state index in [9.17, 15) is 19.5 Å². The Bertz CT molecular complexity index is 1380. The van der Waals surface area contributed by atoms with Crippen molar-refractivity contribution in [1.29, 1.82) is 0 Å². The number of amides is 2. The molecule has 9 heteroatoms. The van der Waals surface area contributed by atoms with Gasteiger partial charge in [-0.25, -0.2) is 4.79 Å². The number of nitrogens with zero attached hydrogens (tertiary/aromatic N) is 1. The molecule has 3 N–H and O–H groups in total. The molecule has 1 aliphatic heterocycles. The number of hydrogen-bond donors (Lipinski definition) is 3. The van der Waals surface area contributed by atoms with Crippen LogP contribution < -0.4 is 5.32 Å². The Hall–Kier alpha value is -3.69. The summed E-state index contributed by atoms with van der Waals surface area (Å²) in [6.07, 6.45) is 5.60. The highest BCUT2D eigenvalue weighted by molar-refractivity contribution is 8.26. The molecule has 0 spiro atoms. The van der Waals surface area contributed by atoms with Gasteiger partial charge in [0.1, 0.15) is 10.4 Å². The van der Waals surface area contributed by atoms with Crippen LogP contribution in [0.2, 0.25) is 0 Å². The van der Waals surface area contributed by atoms with E-state index in [4.69, 9.17) is 12.2 Å². The van der Waals surface area contributed by atoms with Gasteiger partial charge in [0.05, 0.1) is 4.91 Å². The molecule has 7 nitrogen and oxygen atoms in total. The largest absolute Gasteiger partial charge is 0.480 e. The van der Waals surface area contributed by atoms with Crippen LogP contribution in [0.25, 0.3) is 17.0 Å². The van der Waals surface area contributed by atoms with Gasteiger partial charge in [0.15, 0.2) is 0 Å². The number of rotatable bonds is 9. The standard InChI is InChI=1S/C27H25N3O4S2/c1-17(13-18-7-3-2-4-8-18)14-23-25(32)30(27(35)36-23)12-11-24(31)29-22(26(33)34)15-19-16-28-21-10-6-5-9-20(19)21/h2-10,13-14,16,22,28H,11-12,15H2,1H3,(H,29,31)(H,33,34)/b17-13+,23-14+. The first-order chi connectivity index (χ1) is 17.3. The van der Waals surface area contributed by atoms with Gasteiger partial charge in [-0.15, -0.1) is 0 Å². The zero-order chi connectivity index (χ0) is 25.7. The lowest BCUT2D eigenvalue weighted by atomic mass is 10.0. The summed E-state index contributed by atoms with van der Waals surface area (Å²) in [5, 5.41) is 13.2. The number of allylic oxidation sites excluding steroid dienone is 2. The summed E-state index contributed by atoms with van der Waals surface area (Å²) in [7, 11) is 0. The van der Waals surface area contributed by atoms with Gasteiger partial charge in [-0.3, -0.25) is 14.5 Å². The fourth-order valence-electron chi connectivity index (χ4n) is 3.95. The molecule has 36 heavy (non-hydrogen) atoms. The number of H-pyrrole nitrogens is 1. The lowest BCUT2D eigenvalue weighted by Crippen LogP contribution is -2.43. The number of aromatic amines is 1. The average Bonchev–Trinajstić information content (AvgIpc) is 3.37. The molecule has 2 amide bonds. The van der Waals surface area contributed by atoms with E-state index in [1.54, 1.807) is 12.3 Å². The van der Waals surface area contributed by atoms with Crippen molar-refractivity contribution in [2.75, 3.05) is 6.54 Å². The summed E-state index contributed by atoms with van der Waals surface area (Å²) in [5.41, 5.74) is 3.64. The Balaban J connectivity index is 1.35. The van der Waals surface area contributed by atoms with Crippen molar-refractivity contribution in [3.05, 3.63) is 88.5 Å². The van der Waals surface area contributed by atoms with Gasteiger partial charge < -0.3 is 15.4 Å². The molecule has 3 aromatic rings. The van der Waals surface area contributed by atoms with Crippen molar-refractivity contribution in [3.8, 4) is 0 Å². The van der Waals surface area contributed by atoms with Crippen LogP contribution in [-0.4, -0.2) is 49.7 Å². The molecule has 0 bridgehead atoms. The summed E-state index contributed by atoms with van der Waals surface area (Å²) in [5.74, 6) is -1.84. The SMILES string of the molecule is CC(=C\c1ccccc1)/C=C1/SC(=S)N(CCC(=O)NC(Cc2c[nH]c3ccccc23)C(=O)O)C1=O. The monoisotopic (exact) mass is 519 g/mol. The number of thiocarbonyl (C=S) groups is 1. The van der Waals surface area contributed by atoms with Gasteiger partial charge in [-0.1, -0.05) is 78.6 Å². The number of aliphatic carboxylic acids is 1. The van der Waals surface area contributed by atoms with E-state index in [2.05, 4.69) is 10.3 Å². The summed E-state index contributed by atoms with van der Waals surface area (Å²) in [4.78, 5) is 42.3. The Labute approximate surface area is 218 Å². The van der Waals surface area contributed by atoms with Crippen molar-refractivity contribution >= 4 is 63.1 Å². The van der Waals surface area contributed by atoms with Crippen molar-refractivity contribution in [2.24, 2.45) is 0 Å². The fourth-order valence-corrected chi connectivity index (χ4v) is 5.31. The third kappa shape index (κ3) is 6.10. The van der Waals surface area contributed by atoms with Crippen LogP contribution in [0.4, 0.5) is 0 Å². The predicted octanol–water partition coefficient (Wildman–Crippen LogP) is 4.52. The van der Waals surface area contributed by atoms with Gasteiger partial charge >= 0.3 is 5.97 Å². The van der Waals surface area contributed by atoms with Crippen LogP contribution in [0.1, 0.15) is 24.5 Å². The Morgan fingerprint density at radius 1 is 1.17 bits per heavy atom. The fraction of sp³-hybridized carbons (Fsp3) is 0.185. The smallest absolute Gasteiger partial charge is 0.326 e. The van der Waals surface area contributed by atoms with E-state index < -0.39 is 17.9 Å². The number of carboxylic acids is 1. The van der Waals surface area contributed by atoms with Crippen molar-refractivity contribution in [3.63, 3.8) is 0 Å². The zero-order valence-electron chi connectivity index (χ0n) is 19.6. The third-order valence-corrected chi connectivity index (χ3v) is 7.10. The number of aromatic nitrogens is 1. The number of hydrogen-bond acceptors (Lipinski definition) is 5. The lowest BCUT2D eigenvalue weighted by Gasteiger charge is -2.17. The van der Waals surface area contributed by atoms with E-state index >= 15 is 0 Å². The van der Waals surface area contributed by atoms with E-state index in [0.717, 1.165) is 27.6 Å². The van der Waals surface area contributed by atoms with Gasteiger partial charge in [-0.2, -0.15) is 0 Å². The molecule has 1 aromatic heterocycles. The second kappa shape index (κ2) is 11.4. The molecular weight excluding hydrogens is 494 g/mol. The minimum atomic E-state index is -1.12. The summed E-state index contributed by atoms with van der Waals surface area (Å²) < 4.78 is 0.375. The maximum atomic E-state index is 12.9. The number of nitrogens with one attached hydrogen (secondary N) is 2. The quantitative estimate of drug-likeness (QED) is 0.284. The van der Waals surface area contributed by atoms with Crippen LogP contribution >= 0.6 is 24.0 Å². The first-order valence-corrected chi connectivity index (χ1v) is 12.6. The van der Waals surface area contributed by atoms with Gasteiger partial charge in [0, 0.05) is 36.5 Å². The Morgan fingerprint density at radius 3 is 2.64 bits per heavy atom. The molecule has 0 saturated carbocycles. The minimum Gasteiger partial charge on any atom is -0.480 e. The highest BCUT2D eigenvalue weighted by Gasteiger charge is 2.32. The Morgan fingerprint density at radius 2 is 1.89 bits per heavy atom. The summed E-state index contributed by atoms with van der Waals surface area (Å²) >= 11 is 6.55. The molecule has 2 heterocycles. The summed E-state index contributed by atoms with van der Waals surface area (Å²) in [6, 6.07) is 16.3. The number of fused-ring (bicyclic) bond motifs is 1. The molecule has 1 aliphatic rings. The number of carbonyl (C=O) groups excluding carboxylic acids is 2.